The summed E-state index contributed by atoms with van der Waals surface area (Å²) in [5.41, 5.74) is 9.20. The molecule has 72 valence electrons. The first-order valence-corrected chi connectivity index (χ1v) is 4.81. The number of fused-ring (bicyclic) bond motifs is 3. The highest BCUT2D eigenvalue weighted by Crippen LogP contribution is 2.34. The maximum atomic E-state index is 13.0. The Hall–Kier alpha value is -1.35. The van der Waals surface area contributed by atoms with Crippen LogP contribution < -0.4 is 5.73 Å². The van der Waals surface area contributed by atoms with E-state index in [2.05, 4.69) is 4.98 Å². The first kappa shape index (κ1) is 8.00. The summed E-state index contributed by atoms with van der Waals surface area (Å²) in [6.07, 6.45) is 1.92. The van der Waals surface area contributed by atoms with Gasteiger partial charge < -0.3 is 10.7 Å². The maximum Gasteiger partial charge on any atom is 0.123 e. The van der Waals surface area contributed by atoms with Crippen molar-refractivity contribution in [3.8, 4) is 0 Å². The predicted octanol–water partition coefficient (Wildman–Crippen LogP) is 2.25. The highest BCUT2D eigenvalue weighted by atomic mass is 19.1. The lowest BCUT2D eigenvalue weighted by Gasteiger charge is -1.99. The molecule has 3 rings (SSSR count). The summed E-state index contributed by atoms with van der Waals surface area (Å²) in [6.45, 7) is 0. The fraction of sp³-hybridized carbons (Fsp3) is 0.273. The third-order valence-corrected chi connectivity index (χ3v) is 2.98. The standard InChI is InChI=1S/C11H11FN2/c12-6-1-4-10-8(5-6)7-2-3-9(13)11(7)14-10/h1,4-5,9,14H,2-3,13H2. The van der Waals surface area contributed by atoms with Gasteiger partial charge in [-0.1, -0.05) is 0 Å². The highest BCUT2D eigenvalue weighted by molar-refractivity contribution is 5.85. The van der Waals surface area contributed by atoms with Crippen LogP contribution >= 0.6 is 0 Å². The van der Waals surface area contributed by atoms with Crippen LogP contribution in [0.2, 0.25) is 0 Å². The Morgan fingerprint density at radius 3 is 3.14 bits per heavy atom. The molecule has 1 aliphatic carbocycles. The second-order valence-corrected chi connectivity index (χ2v) is 3.85. The number of nitrogens with one attached hydrogen (secondary N) is 1. The van der Waals surface area contributed by atoms with Crippen molar-refractivity contribution in [2.75, 3.05) is 0 Å². The zero-order chi connectivity index (χ0) is 9.71. The van der Waals surface area contributed by atoms with Crippen LogP contribution in [0.25, 0.3) is 10.9 Å². The van der Waals surface area contributed by atoms with E-state index in [-0.39, 0.29) is 11.9 Å². The zero-order valence-electron chi connectivity index (χ0n) is 7.68. The average Bonchev–Trinajstić information content (AvgIpc) is 2.67. The minimum atomic E-state index is -0.181. The van der Waals surface area contributed by atoms with E-state index in [1.807, 2.05) is 0 Å². The van der Waals surface area contributed by atoms with Crippen molar-refractivity contribution < 1.29 is 4.39 Å². The van der Waals surface area contributed by atoms with Crippen molar-refractivity contribution in [2.24, 2.45) is 5.73 Å². The van der Waals surface area contributed by atoms with Gasteiger partial charge in [-0.15, -0.1) is 0 Å². The number of aromatic amines is 1. The molecule has 0 bridgehead atoms. The molecule has 1 aromatic carbocycles. The molecule has 0 fully saturated rings. The number of rotatable bonds is 0. The molecule has 0 radical (unpaired) electrons. The topological polar surface area (TPSA) is 41.8 Å². The Morgan fingerprint density at radius 2 is 2.29 bits per heavy atom. The van der Waals surface area contributed by atoms with Crippen molar-refractivity contribution in [2.45, 2.75) is 18.9 Å². The Kier molecular flexibility index (Phi) is 1.47. The Balaban J connectivity index is 2.36. The van der Waals surface area contributed by atoms with Crippen molar-refractivity contribution in [3.63, 3.8) is 0 Å². The van der Waals surface area contributed by atoms with E-state index in [0.29, 0.717) is 0 Å². The molecule has 0 saturated carbocycles. The van der Waals surface area contributed by atoms with Gasteiger partial charge in [0, 0.05) is 22.6 Å². The van der Waals surface area contributed by atoms with E-state index >= 15 is 0 Å². The van der Waals surface area contributed by atoms with Gasteiger partial charge in [-0.05, 0) is 36.6 Å². The van der Waals surface area contributed by atoms with E-state index in [1.165, 1.54) is 11.6 Å². The smallest absolute Gasteiger partial charge is 0.123 e. The van der Waals surface area contributed by atoms with Gasteiger partial charge in [0.1, 0.15) is 5.82 Å². The van der Waals surface area contributed by atoms with Gasteiger partial charge in [0.2, 0.25) is 0 Å². The van der Waals surface area contributed by atoms with Crippen LogP contribution in [-0.2, 0) is 6.42 Å². The van der Waals surface area contributed by atoms with Crippen LogP contribution in [0.1, 0.15) is 23.7 Å². The van der Waals surface area contributed by atoms with E-state index in [1.54, 1.807) is 12.1 Å². The zero-order valence-corrected chi connectivity index (χ0v) is 7.68. The van der Waals surface area contributed by atoms with Crippen LogP contribution in [-0.4, -0.2) is 4.98 Å². The second-order valence-electron chi connectivity index (χ2n) is 3.85. The molecule has 3 N–H and O–H groups in total. The summed E-state index contributed by atoms with van der Waals surface area (Å²) in [6, 6.07) is 4.93. The van der Waals surface area contributed by atoms with Crippen LogP contribution in [0.5, 0.6) is 0 Å². The lowest BCUT2D eigenvalue weighted by molar-refractivity contribution is 0.629. The van der Waals surface area contributed by atoms with E-state index in [9.17, 15) is 4.39 Å². The third kappa shape index (κ3) is 0.930. The van der Waals surface area contributed by atoms with Crippen molar-refractivity contribution in [1.29, 1.82) is 0 Å². The van der Waals surface area contributed by atoms with Gasteiger partial charge in [0.05, 0.1) is 0 Å². The van der Waals surface area contributed by atoms with Crippen LogP contribution in [0, 0.1) is 5.82 Å². The normalized spacial score (nSPS) is 20.3. The van der Waals surface area contributed by atoms with Gasteiger partial charge >= 0.3 is 0 Å². The Labute approximate surface area is 80.9 Å². The number of halogens is 1. The van der Waals surface area contributed by atoms with Crippen LogP contribution in [0.15, 0.2) is 18.2 Å². The molecule has 0 spiro atoms. The summed E-state index contributed by atoms with van der Waals surface area (Å²) in [5, 5.41) is 0.993. The summed E-state index contributed by atoms with van der Waals surface area (Å²) in [5.74, 6) is -0.181. The van der Waals surface area contributed by atoms with Crippen LogP contribution in [0.3, 0.4) is 0 Å². The van der Waals surface area contributed by atoms with Gasteiger partial charge in [-0.25, -0.2) is 4.39 Å². The molecular weight excluding hydrogens is 179 g/mol. The van der Waals surface area contributed by atoms with Crippen molar-refractivity contribution in [1.82, 2.24) is 4.98 Å². The van der Waals surface area contributed by atoms with Gasteiger partial charge in [0.25, 0.3) is 0 Å². The molecule has 1 aromatic heterocycles. The second kappa shape index (κ2) is 2.58. The third-order valence-electron chi connectivity index (χ3n) is 2.98. The number of hydrogen-bond acceptors (Lipinski definition) is 1. The maximum absolute atomic E-state index is 13.0. The van der Waals surface area contributed by atoms with Crippen molar-refractivity contribution in [3.05, 3.63) is 35.3 Å². The molecule has 1 heterocycles. The molecule has 2 nitrogen and oxygen atoms in total. The molecule has 0 aliphatic heterocycles. The fourth-order valence-corrected chi connectivity index (χ4v) is 2.27. The average molecular weight is 190 g/mol. The molecule has 1 atom stereocenters. The molecular formula is C11H11FN2. The van der Waals surface area contributed by atoms with Gasteiger partial charge in [-0.2, -0.15) is 0 Å². The number of benzene rings is 1. The minimum absolute atomic E-state index is 0.0976. The minimum Gasteiger partial charge on any atom is -0.357 e. The molecule has 1 aliphatic rings. The summed E-state index contributed by atoms with van der Waals surface area (Å²) in [7, 11) is 0. The predicted molar refractivity (Wildman–Crippen MR) is 53.5 cm³/mol. The lowest BCUT2D eigenvalue weighted by atomic mass is 10.1. The van der Waals surface area contributed by atoms with Crippen LogP contribution in [0.4, 0.5) is 4.39 Å². The first-order chi connectivity index (χ1) is 6.75. The van der Waals surface area contributed by atoms with E-state index < -0.39 is 0 Å². The summed E-state index contributed by atoms with van der Waals surface area (Å²) >= 11 is 0. The van der Waals surface area contributed by atoms with Gasteiger partial charge in [-0.3, -0.25) is 0 Å². The Morgan fingerprint density at radius 1 is 1.43 bits per heavy atom. The number of H-pyrrole nitrogens is 1. The quantitative estimate of drug-likeness (QED) is 0.657. The molecule has 3 heteroatoms. The molecule has 0 amide bonds. The van der Waals surface area contributed by atoms with E-state index in [0.717, 1.165) is 29.4 Å². The fourth-order valence-electron chi connectivity index (χ4n) is 2.27. The van der Waals surface area contributed by atoms with E-state index in [4.69, 9.17) is 5.73 Å². The summed E-state index contributed by atoms with van der Waals surface area (Å²) in [4.78, 5) is 3.26. The van der Waals surface area contributed by atoms with Gasteiger partial charge in [0.15, 0.2) is 0 Å². The lowest BCUT2D eigenvalue weighted by Crippen LogP contribution is -2.05. The SMILES string of the molecule is NC1CCc2c1[nH]c1ccc(F)cc21. The first-order valence-electron chi connectivity index (χ1n) is 4.81. The molecule has 0 saturated heterocycles. The molecule has 14 heavy (non-hydrogen) atoms. The molecule has 2 aromatic rings. The Bertz CT molecular complexity index is 501. The largest absolute Gasteiger partial charge is 0.357 e. The summed E-state index contributed by atoms with van der Waals surface area (Å²) < 4.78 is 13.0. The van der Waals surface area contributed by atoms with Crippen molar-refractivity contribution >= 4 is 10.9 Å². The number of aromatic nitrogens is 1. The molecule has 1 unspecified atom stereocenters. The number of aryl methyl sites for hydroxylation is 1. The monoisotopic (exact) mass is 190 g/mol. The number of nitrogens with two attached hydrogens (primary N) is 1. The number of hydrogen-bond donors (Lipinski definition) is 2. The highest BCUT2D eigenvalue weighted by Gasteiger charge is 2.23.